The summed E-state index contributed by atoms with van der Waals surface area (Å²) in [6.07, 6.45) is 28.7. The summed E-state index contributed by atoms with van der Waals surface area (Å²) in [6.45, 7) is 17.1. The van der Waals surface area contributed by atoms with E-state index in [1.54, 1.807) is 148 Å². The van der Waals surface area contributed by atoms with Gasteiger partial charge in [0.1, 0.15) is 32.1 Å². The van der Waals surface area contributed by atoms with Gasteiger partial charge >= 0.3 is 0 Å². The zero-order valence-electron chi connectivity index (χ0n) is 54.5. The molecule has 12 aromatic rings. The molecule has 0 aromatic carbocycles. The van der Waals surface area contributed by atoms with Crippen LogP contribution in [-0.2, 0) is 14.1 Å². The van der Waals surface area contributed by atoms with Crippen LogP contribution in [0, 0.1) is 0 Å². The number of anilines is 3. The Bertz CT molecular complexity index is 4570. The summed E-state index contributed by atoms with van der Waals surface area (Å²) in [5.74, 6) is 0. The van der Waals surface area contributed by atoms with E-state index in [-0.39, 0.29) is 27.7 Å². The molecule has 4 N–H and O–H groups in total. The minimum atomic E-state index is -0.0734. The lowest BCUT2D eigenvalue weighted by molar-refractivity contribution is 0.161. The number of aryl methyl sites for hydroxylation is 2. The molecule has 0 radical (unpaired) electrons. The van der Waals surface area contributed by atoms with E-state index in [1.807, 2.05) is 19.3 Å². The van der Waals surface area contributed by atoms with Gasteiger partial charge in [0.2, 0.25) is 0 Å². The van der Waals surface area contributed by atoms with Gasteiger partial charge in [-0.3, -0.25) is 29.5 Å². The number of thiazole rings is 6. The van der Waals surface area contributed by atoms with Gasteiger partial charge in [0.15, 0.2) is 44.4 Å². The number of aromatic amines is 1. The molecule has 0 aliphatic carbocycles. The van der Waals surface area contributed by atoms with Crippen molar-refractivity contribution in [3.05, 3.63) is 90.7 Å². The van der Waals surface area contributed by atoms with Gasteiger partial charge in [0, 0.05) is 123 Å². The van der Waals surface area contributed by atoms with Crippen molar-refractivity contribution in [2.24, 2.45) is 14.1 Å². The second-order valence-corrected chi connectivity index (χ2v) is 32.9. The Morgan fingerprint density at radius 2 is 0.968 bits per heavy atom. The molecule has 4 saturated heterocycles. The summed E-state index contributed by atoms with van der Waals surface area (Å²) >= 11 is 9.63. The Morgan fingerprint density at radius 3 is 1.39 bits per heavy atom. The molecule has 1 unspecified atom stereocenters. The molecule has 2 bridgehead atoms. The number of hydrogen-bond acceptors (Lipinski definition) is 27. The van der Waals surface area contributed by atoms with Crippen LogP contribution in [0.25, 0.3) is 94.9 Å². The first-order valence-corrected chi connectivity index (χ1v) is 36.3. The SMILES string of the molecule is CN(c1nc2sc(-c3cnc(-c4ccn(C)c(=O)c4)cn3)nc2s1)C1C[C@]2(C)CC[C@](C)(C1)N2.CN(c1nc2sc(-c3cnc(-c4cnn(C)c4)cn3)nc2s1)C1CC(C)(C)NC(C)(C)C1.C[C@@H]1C[C@@H](N(C)c2nc3sc(-c4cnc(-c5cn[nH]c5)cn4)nc3s2)CCN1. The van der Waals surface area contributed by atoms with Crippen molar-refractivity contribution < 1.29 is 0 Å². The van der Waals surface area contributed by atoms with E-state index in [0.29, 0.717) is 35.6 Å². The molecular weight excluding hydrogens is 1300 g/mol. The van der Waals surface area contributed by atoms with Crippen molar-refractivity contribution in [1.29, 1.82) is 0 Å². The van der Waals surface area contributed by atoms with Crippen LogP contribution in [0.3, 0.4) is 0 Å². The largest absolute Gasteiger partial charge is 0.348 e. The molecule has 24 nitrogen and oxygen atoms in total. The van der Waals surface area contributed by atoms with Gasteiger partial charge in [-0.25, -0.2) is 44.9 Å². The Kier molecular flexibility index (Phi) is 17.1. The molecule has 488 valence electrons. The topological polar surface area (TPSA) is 269 Å². The zero-order valence-corrected chi connectivity index (χ0v) is 59.4. The molecule has 4 aliphatic rings. The maximum absolute atomic E-state index is 11.9. The maximum Gasteiger partial charge on any atom is 0.250 e. The number of rotatable bonds is 12. The molecule has 16 heterocycles. The smallest absolute Gasteiger partial charge is 0.250 e. The quantitative estimate of drug-likeness (QED) is 0.0885. The molecule has 30 heteroatoms. The van der Waals surface area contributed by atoms with E-state index in [4.69, 9.17) is 29.9 Å². The number of aromatic nitrogens is 17. The predicted molar refractivity (Wildman–Crippen MR) is 382 cm³/mol. The molecule has 0 saturated carbocycles. The summed E-state index contributed by atoms with van der Waals surface area (Å²) in [5.41, 5.74) is 7.70. The van der Waals surface area contributed by atoms with Crippen LogP contribution >= 0.6 is 68.0 Å². The van der Waals surface area contributed by atoms with Gasteiger partial charge in [-0.1, -0.05) is 68.0 Å². The van der Waals surface area contributed by atoms with Crippen LogP contribution in [0.4, 0.5) is 15.4 Å². The van der Waals surface area contributed by atoms with Crippen molar-refractivity contribution >= 4 is 112 Å². The lowest BCUT2D eigenvalue weighted by Gasteiger charge is -2.48. The predicted octanol–water partition coefficient (Wildman–Crippen LogP) is 11.6. The Balaban J connectivity index is 0.000000122. The summed E-state index contributed by atoms with van der Waals surface area (Å²) in [5, 5.41) is 27.7. The standard InChI is InChI=1S/C24H27N7OS2.C22H28N8S2.C18H20N8S2/c1-23-6-7-24(2,29-23)11-15(10-23)31(4)22-28-21-20(34-22)27-19(33-21)17-13-25-16(12-26-17)14-5-8-30(3)18(32)9-14;1-21(2)7-14(8-22(3,4)28-21)30(6)20-27-19-18(32-20)26-17(31-19)16-11-23-15(10-24-16)13-9-25-29(5)12-13;1-10-5-12(3-4-19-10)26(2)18-25-17-16(28-18)24-15(27-17)14-9-20-13(8-21-14)11-6-22-23-7-11/h5,8-9,12-13,15,29H,6-7,10-11H2,1-4H3;9-12,14,28H,7-8H2,1-6H3;6-10,12,19H,3-5H2,1-2H3,(H,22,23)/t15?,23-,24+;;10-,12+/m..1/s1. The van der Waals surface area contributed by atoms with Gasteiger partial charge < -0.3 is 35.2 Å². The third-order valence-electron chi connectivity index (χ3n) is 18.2. The Hall–Kier alpha value is -7.55. The Morgan fingerprint density at radius 1 is 0.521 bits per heavy atom. The van der Waals surface area contributed by atoms with Gasteiger partial charge in [-0.05, 0) is 112 Å². The third kappa shape index (κ3) is 13.5. The van der Waals surface area contributed by atoms with Gasteiger partial charge in [0.25, 0.3) is 5.56 Å². The fourth-order valence-corrected chi connectivity index (χ4v) is 19.8. The van der Waals surface area contributed by atoms with Gasteiger partial charge in [-0.15, -0.1) is 0 Å². The minimum absolute atomic E-state index is 0.0734. The summed E-state index contributed by atoms with van der Waals surface area (Å²) < 4.78 is 3.29. The number of H-pyrrole nitrogens is 1. The Labute approximate surface area is 568 Å². The molecule has 12 aromatic heterocycles. The number of pyridine rings is 1. The van der Waals surface area contributed by atoms with Crippen LogP contribution in [0.1, 0.15) is 99.8 Å². The number of piperidine rings is 3. The van der Waals surface area contributed by atoms with E-state index in [0.717, 1.165) is 144 Å². The van der Waals surface area contributed by atoms with E-state index >= 15 is 0 Å². The van der Waals surface area contributed by atoms with Crippen LogP contribution in [0.2, 0.25) is 0 Å². The summed E-state index contributed by atoms with van der Waals surface area (Å²) in [7, 11) is 10.1. The van der Waals surface area contributed by atoms with Crippen molar-refractivity contribution in [3.8, 4) is 65.9 Å². The highest BCUT2D eigenvalue weighted by atomic mass is 32.1. The van der Waals surface area contributed by atoms with Crippen molar-refractivity contribution in [3.63, 3.8) is 0 Å². The normalized spacial score (nSPS) is 21.7. The van der Waals surface area contributed by atoms with Crippen molar-refractivity contribution in [2.45, 2.75) is 146 Å². The van der Waals surface area contributed by atoms with Crippen LogP contribution in [0.15, 0.2) is 85.1 Å². The second kappa shape index (κ2) is 25.2. The van der Waals surface area contributed by atoms with Crippen LogP contribution in [0.5, 0.6) is 0 Å². The maximum atomic E-state index is 11.9. The van der Waals surface area contributed by atoms with E-state index < -0.39 is 0 Å². The number of hydrogen-bond donors (Lipinski definition) is 4. The highest BCUT2D eigenvalue weighted by Gasteiger charge is 2.50. The number of nitrogens with one attached hydrogen (secondary N) is 4. The van der Waals surface area contributed by atoms with Gasteiger partial charge in [-0.2, -0.15) is 10.2 Å². The van der Waals surface area contributed by atoms with Gasteiger partial charge in [0.05, 0.1) is 66.7 Å². The molecule has 16 rings (SSSR count). The molecule has 4 aliphatic heterocycles. The van der Waals surface area contributed by atoms with Crippen LogP contribution in [-0.4, -0.2) is 158 Å². The first-order valence-electron chi connectivity index (χ1n) is 31.4. The zero-order chi connectivity index (χ0) is 65.4. The number of fused-ring (bicyclic) bond motifs is 5. The third-order valence-corrected chi connectivity index (χ3v) is 24.6. The van der Waals surface area contributed by atoms with E-state index in [2.05, 4.69) is 145 Å². The molecule has 0 amide bonds. The average molecular weight is 1370 g/mol. The van der Waals surface area contributed by atoms with E-state index in [9.17, 15) is 4.79 Å². The van der Waals surface area contributed by atoms with Crippen LogP contribution < -0.4 is 36.2 Å². The van der Waals surface area contributed by atoms with Crippen molar-refractivity contribution in [2.75, 3.05) is 42.4 Å². The van der Waals surface area contributed by atoms with E-state index in [1.165, 1.54) is 17.4 Å². The first-order chi connectivity index (χ1) is 45.0. The highest BCUT2D eigenvalue weighted by molar-refractivity contribution is 7.30. The molecule has 4 fully saturated rings. The molecular formula is C64H75N23OS6. The summed E-state index contributed by atoms with van der Waals surface area (Å²) in [6, 6.07) is 5.42. The lowest BCUT2D eigenvalue weighted by Crippen LogP contribution is -2.61. The fourth-order valence-electron chi connectivity index (χ4n) is 13.7. The monoisotopic (exact) mass is 1370 g/mol. The van der Waals surface area contributed by atoms with Crippen molar-refractivity contribution in [1.82, 2.24) is 100 Å². The first kappa shape index (κ1) is 63.8. The molecule has 0 spiro atoms. The summed E-state index contributed by atoms with van der Waals surface area (Å²) in [4.78, 5) is 80.9. The molecule has 5 atom stereocenters. The molecule has 94 heavy (non-hydrogen) atoms. The number of nitrogens with zero attached hydrogens (tertiary/aromatic N) is 19. The lowest BCUT2D eigenvalue weighted by atomic mass is 9.79. The second-order valence-electron chi connectivity index (χ2n) is 27.1. The fraction of sp³-hybridized carbons (Fsp3) is 0.453. The average Bonchev–Trinajstić information content (AvgIpc) is 1.56. The highest BCUT2D eigenvalue weighted by Crippen LogP contribution is 2.46. The minimum Gasteiger partial charge on any atom is -0.348 e.